The smallest absolute Gasteiger partial charge is 0.187 e. The summed E-state index contributed by atoms with van der Waals surface area (Å²) in [7, 11) is 0. The lowest BCUT2D eigenvalue weighted by molar-refractivity contribution is -0.389. The highest BCUT2D eigenvalue weighted by Gasteiger charge is 2.53. The fraction of sp³-hybridized carbons (Fsp3) is 1.00. The van der Waals surface area contributed by atoms with Crippen LogP contribution in [0.1, 0.15) is 65.7 Å². The molecule has 0 radical (unpaired) electrons. The molecule has 0 spiro atoms. The van der Waals surface area contributed by atoms with Gasteiger partial charge in [0.25, 0.3) is 0 Å². The van der Waals surface area contributed by atoms with Crippen LogP contribution in [0.25, 0.3) is 0 Å². The summed E-state index contributed by atoms with van der Waals surface area (Å²) in [6, 6.07) is 0. The Labute approximate surface area is 240 Å². The van der Waals surface area contributed by atoms with Gasteiger partial charge >= 0.3 is 0 Å². The van der Waals surface area contributed by atoms with Crippen molar-refractivity contribution in [2.75, 3.05) is 13.2 Å². The maximum Gasteiger partial charge on any atom is 0.187 e. The zero-order valence-electron chi connectivity index (χ0n) is 24.1. The third-order valence-electron chi connectivity index (χ3n) is 8.03. The summed E-state index contributed by atoms with van der Waals surface area (Å²) < 4.78 is 34.8. The van der Waals surface area contributed by atoms with Gasteiger partial charge in [0.2, 0.25) is 0 Å². The van der Waals surface area contributed by atoms with Gasteiger partial charge in [0.1, 0.15) is 61.0 Å². The number of unbranched alkanes of at least 4 members (excludes halogenated alkanes) is 6. The summed E-state index contributed by atoms with van der Waals surface area (Å²) in [6.07, 6.45) is -13.8. The molecule has 242 valence electrons. The Morgan fingerprint density at radius 3 is 1.54 bits per heavy atom. The summed E-state index contributed by atoms with van der Waals surface area (Å²) in [5.74, 6) is 0. The van der Waals surface area contributed by atoms with Crippen molar-refractivity contribution in [3.63, 3.8) is 0 Å². The van der Waals surface area contributed by atoms with Crippen molar-refractivity contribution in [1.29, 1.82) is 0 Å². The molecule has 3 rings (SSSR count). The largest absolute Gasteiger partial charge is 0.394 e. The Hall–Kier alpha value is -0.560. The molecule has 0 aromatic heterocycles. The molecular weight excluding hydrogens is 548 g/mol. The van der Waals surface area contributed by atoms with Crippen molar-refractivity contribution < 1.29 is 69.3 Å². The van der Waals surface area contributed by atoms with Crippen molar-refractivity contribution in [3.8, 4) is 0 Å². The zero-order chi connectivity index (χ0) is 30.3. The van der Waals surface area contributed by atoms with E-state index in [4.69, 9.17) is 28.4 Å². The van der Waals surface area contributed by atoms with Gasteiger partial charge in [-0.15, -0.1) is 0 Å². The van der Waals surface area contributed by atoms with E-state index in [0.29, 0.717) is 6.42 Å². The molecule has 0 unspecified atom stereocenters. The lowest BCUT2D eigenvalue weighted by Crippen LogP contribution is -2.66. The lowest BCUT2D eigenvalue weighted by atomic mass is 9.96. The summed E-state index contributed by atoms with van der Waals surface area (Å²) in [4.78, 5) is 0. The first-order chi connectivity index (χ1) is 19.5. The van der Waals surface area contributed by atoms with Gasteiger partial charge in [-0.1, -0.05) is 45.4 Å². The Balaban J connectivity index is 1.78. The monoisotopic (exact) mass is 598 g/mol. The van der Waals surface area contributed by atoms with Crippen LogP contribution >= 0.6 is 0 Å². The highest BCUT2D eigenvalue weighted by atomic mass is 16.8. The maximum atomic E-state index is 11.1. The summed E-state index contributed by atoms with van der Waals surface area (Å²) in [6.45, 7) is 4.71. The van der Waals surface area contributed by atoms with Gasteiger partial charge in [0, 0.05) is 6.61 Å². The first-order valence-corrected chi connectivity index (χ1v) is 14.8. The molecule has 3 aliphatic heterocycles. The third kappa shape index (κ3) is 8.76. The van der Waals surface area contributed by atoms with Gasteiger partial charge in [0.05, 0.1) is 18.8 Å². The van der Waals surface area contributed by atoms with Crippen LogP contribution in [-0.2, 0) is 28.4 Å². The van der Waals surface area contributed by atoms with Crippen LogP contribution in [0.5, 0.6) is 0 Å². The minimum absolute atomic E-state index is 0.232. The van der Waals surface area contributed by atoms with Crippen LogP contribution in [-0.4, -0.2) is 146 Å². The van der Waals surface area contributed by atoms with E-state index in [1.165, 1.54) is 20.3 Å². The Morgan fingerprint density at radius 2 is 1.02 bits per heavy atom. The van der Waals surface area contributed by atoms with E-state index in [1.807, 2.05) is 0 Å². The number of rotatable bonds is 14. The molecule has 3 heterocycles. The van der Waals surface area contributed by atoms with Crippen LogP contribution < -0.4 is 0 Å². The molecule has 14 nitrogen and oxygen atoms in total. The van der Waals surface area contributed by atoms with E-state index in [9.17, 15) is 40.9 Å². The van der Waals surface area contributed by atoms with Gasteiger partial charge < -0.3 is 69.3 Å². The number of aliphatic hydroxyl groups excluding tert-OH is 8. The molecule has 0 amide bonds. The quantitative estimate of drug-likeness (QED) is 0.104. The number of hydrogen-bond acceptors (Lipinski definition) is 14. The van der Waals surface area contributed by atoms with Crippen LogP contribution in [0.3, 0.4) is 0 Å². The van der Waals surface area contributed by atoms with Crippen LogP contribution in [0.15, 0.2) is 0 Å². The molecule has 8 N–H and O–H groups in total. The molecule has 3 aliphatic rings. The van der Waals surface area contributed by atoms with Crippen LogP contribution in [0.4, 0.5) is 0 Å². The van der Waals surface area contributed by atoms with E-state index in [0.717, 1.165) is 32.1 Å². The fourth-order valence-electron chi connectivity index (χ4n) is 5.30. The van der Waals surface area contributed by atoms with Crippen molar-refractivity contribution in [3.05, 3.63) is 0 Å². The summed E-state index contributed by atoms with van der Waals surface area (Å²) in [5, 5.41) is 82.8. The number of ether oxygens (including phenoxy) is 6. The van der Waals surface area contributed by atoms with Gasteiger partial charge in [0.15, 0.2) is 18.9 Å². The topological polar surface area (TPSA) is 217 Å². The van der Waals surface area contributed by atoms with Gasteiger partial charge in [-0.05, 0) is 20.3 Å². The number of hydrogen-bond donors (Lipinski definition) is 8. The minimum Gasteiger partial charge on any atom is -0.394 e. The number of aliphatic hydroxyl groups is 8. The molecule has 0 aliphatic carbocycles. The average Bonchev–Trinajstić information content (AvgIpc) is 2.96. The lowest BCUT2D eigenvalue weighted by Gasteiger charge is -2.48. The molecule has 41 heavy (non-hydrogen) atoms. The molecule has 0 aromatic carbocycles. The average molecular weight is 599 g/mol. The second-order valence-electron chi connectivity index (χ2n) is 11.3. The van der Waals surface area contributed by atoms with Crippen molar-refractivity contribution in [1.82, 2.24) is 0 Å². The van der Waals surface area contributed by atoms with Crippen molar-refractivity contribution in [2.45, 2.75) is 158 Å². The SMILES string of the molecule is CCCCCCCCCO[C@@H]1O[C@H](CO)[C@H](O)[C@H](O[C@H]2O[C@H](C)[C@H](O)[C@H](O)[C@H]2O)[C@H]1O[C@@H]1O[C@@H](C)[C@@H](O)[C@@H](O)[C@@H]1O. The Kier molecular flexibility index (Phi) is 14.1. The van der Waals surface area contributed by atoms with Gasteiger partial charge in [-0.2, -0.15) is 0 Å². The maximum absolute atomic E-state index is 11.1. The van der Waals surface area contributed by atoms with E-state index in [-0.39, 0.29) is 6.61 Å². The Bertz CT molecular complexity index is 747. The first kappa shape index (κ1) is 34.9. The zero-order valence-corrected chi connectivity index (χ0v) is 24.1. The molecule has 3 saturated heterocycles. The standard InChI is InChI=1S/C27H50O14/c1-4-5-6-7-8-9-10-11-36-27-24(41-26-22(35)20(33)17(30)14(3)38-26)23(18(31)15(12-28)39-27)40-25-21(34)19(32)16(29)13(2)37-25/h13-35H,4-12H2,1-3H3/t13-,14+,15-,16+,17-,18+,19+,20-,21-,22+,23+,24-,25-,26+,27-/m1/s1. The molecule has 14 heteroatoms. The third-order valence-corrected chi connectivity index (χ3v) is 8.03. The van der Waals surface area contributed by atoms with Gasteiger partial charge in [-0.3, -0.25) is 0 Å². The second kappa shape index (κ2) is 16.5. The van der Waals surface area contributed by atoms with E-state index >= 15 is 0 Å². The van der Waals surface area contributed by atoms with Crippen molar-refractivity contribution >= 4 is 0 Å². The predicted octanol–water partition coefficient (Wildman–Crippen LogP) is -1.74. The van der Waals surface area contributed by atoms with Crippen LogP contribution in [0, 0.1) is 0 Å². The van der Waals surface area contributed by atoms with E-state index in [2.05, 4.69) is 6.92 Å². The fourth-order valence-corrected chi connectivity index (χ4v) is 5.30. The molecule has 0 saturated carbocycles. The second-order valence-corrected chi connectivity index (χ2v) is 11.3. The highest BCUT2D eigenvalue weighted by Crippen LogP contribution is 2.33. The van der Waals surface area contributed by atoms with Gasteiger partial charge in [-0.25, -0.2) is 0 Å². The summed E-state index contributed by atoms with van der Waals surface area (Å²) in [5.41, 5.74) is 0. The molecular formula is C27H50O14. The minimum atomic E-state index is -1.70. The Morgan fingerprint density at radius 1 is 0.537 bits per heavy atom. The first-order valence-electron chi connectivity index (χ1n) is 14.8. The van der Waals surface area contributed by atoms with Crippen LogP contribution in [0.2, 0.25) is 0 Å². The van der Waals surface area contributed by atoms with Crippen molar-refractivity contribution in [2.24, 2.45) is 0 Å². The predicted molar refractivity (Wildman–Crippen MR) is 140 cm³/mol. The molecule has 3 fully saturated rings. The van der Waals surface area contributed by atoms with E-state index < -0.39 is 98.7 Å². The molecule has 0 aromatic rings. The summed E-state index contributed by atoms with van der Waals surface area (Å²) >= 11 is 0. The molecule has 0 bridgehead atoms. The highest BCUT2D eigenvalue weighted by molar-refractivity contribution is 4.96. The van der Waals surface area contributed by atoms with E-state index in [1.54, 1.807) is 0 Å². The molecule has 15 atom stereocenters. The normalized spacial score (nSPS) is 45.6.